The highest BCUT2D eigenvalue weighted by Gasteiger charge is 1.93. The Balaban J connectivity index is 2.96. The first-order chi connectivity index (χ1) is 4.31. The van der Waals surface area contributed by atoms with Gasteiger partial charge in [-0.15, -0.1) is 6.58 Å². The fourth-order valence-electron chi connectivity index (χ4n) is 0.748. The van der Waals surface area contributed by atoms with E-state index >= 15 is 0 Å². The Bertz CT molecular complexity index is 69.0. The zero-order valence-electron chi connectivity index (χ0n) is 6.27. The van der Waals surface area contributed by atoms with Gasteiger partial charge in [0, 0.05) is 6.04 Å². The van der Waals surface area contributed by atoms with Crippen LogP contribution in [0.25, 0.3) is 0 Å². The van der Waals surface area contributed by atoms with Gasteiger partial charge in [-0.1, -0.05) is 32.3 Å². The molecule has 1 heteroatoms. The molecule has 0 aliphatic heterocycles. The Labute approximate surface area is 57.9 Å². The summed E-state index contributed by atoms with van der Waals surface area (Å²) in [6.07, 6.45) is 6.71. The molecule has 0 rings (SSSR count). The maximum atomic E-state index is 5.60. The van der Waals surface area contributed by atoms with Gasteiger partial charge in [0.15, 0.2) is 0 Å². The molecule has 1 unspecified atom stereocenters. The molecule has 0 amide bonds. The second-order valence-corrected chi connectivity index (χ2v) is 2.40. The Kier molecular flexibility index (Phi) is 5.64. The van der Waals surface area contributed by atoms with Crippen molar-refractivity contribution < 1.29 is 0 Å². The van der Waals surface area contributed by atoms with Gasteiger partial charge in [0.1, 0.15) is 0 Å². The van der Waals surface area contributed by atoms with Crippen molar-refractivity contribution in [2.75, 3.05) is 0 Å². The minimum atomic E-state index is 0.219. The Morgan fingerprint density at radius 1 is 1.56 bits per heavy atom. The van der Waals surface area contributed by atoms with E-state index < -0.39 is 0 Å². The standard InChI is InChI=1S/C8H17N/c1-3-5-6-7-8(9)4-2/h4,8H,2-3,5-7,9H2,1H3. The van der Waals surface area contributed by atoms with Crippen LogP contribution in [0.4, 0.5) is 0 Å². The molecule has 0 aliphatic rings. The van der Waals surface area contributed by atoms with E-state index in [-0.39, 0.29) is 6.04 Å². The predicted molar refractivity (Wildman–Crippen MR) is 42.3 cm³/mol. The van der Waals surface area contributed by atoms with E-state index in [9.17, 15) is 0 Å². The largest absolute Gasteiger partial charge is 0.324 e. The second-order valence-electron chi connectivity index (χ2n) is 2.40. The monoisotopic (exact) mass is 127 g/mol. The quantitative estimate of drug-likeness (QED) is 0.444. The molecule has 54 valence electrons. The van der Waals surface area contributed by atoms with Crippen LogP contribution in [0.15, 0.2) is 12.7 Å². The smallest absolute Gasteiger partial charge is 0.0221 e. The first-order valence-corrected chi connectivity index (χ1v) is 3.69. The fraction of sp³-hybridized carbons (Fsp3) is 0.750. The summed E-state index contributed by atoms with van der Waals surface area (Å²) in [5.41, 5.74) is 5.60. The van der Waals surface area contributed by atoms with Crippen LogP contribution in [0, 0.1) is 0 Å². The van der Waals surface area contributed by atoms with Gasteiger partial charge in [0.25, 0.3) is 0 Å². The number of hydrogen-bond donors (Lipinski definition) is 1. The van der Waals surface area contributed by atoms with E-state index in [2.05, 4.69) is 13.5 Å². The van der Waals surface area contributed by atoms with Crippen LogP contribution in [0.2, 0.25) is 0 Å². The molecule has 0 aromatic heterocycles. The van der Waals surface area contributed by atoms with Crippen molar-refractivity contribution in [2.45, 2.75) is 38.6 Å². The molecule has 1 atom stereocenters. The normalized spacial score (nSPS) is 13.1. The van der Waals surface area contributed by atoms with Crippen molar-refractivity contribution in [2.24, 2.45) is 5.73 Å². The summed E-state index contributed by atoms with van der Waals surface area (Å²) in [5, 5.41) is 0. The van der Waals surface area contributed by atoms with E-state index in [0.717, 1.165) is 6.42 Å². The summed E-state index contributed by atoms with van der Waals surface area (Å²) in [6.45, 7) is 5.81. The van der Waals surface area contributed by atoms with Crippen molar-refractivity contribution in [3.05, 3.63) is 12.7 Å². The lowest BCUT2D eigenvalue weighted by Gasteiger charge is -2.02. The first kappa shape index (κ1) is 8.70. The van der Waals surface area contributed by atoms with E-state index in [4.69, 9.17) is 5.73 Å². The van der Waals surface area contributed by atoms with Crippen molar-refractivity contribution in [3.8, 4) is 0 Å². The number of nitrogens with two attached hydrogens (primary N) is 1. The SMILES string of the molecule is C=CC(N)CCCCC. The number of hydrogen-bond acceptors (Lipinski definition) is 1. The molecule has 0 saturated heterocycles. The van der Waals surface area contributed by atoms with Crippen molar-refractivity contribution >= 4 is 0 Å². The van der Waals surface area contributed by atoms with Crippen molar-refractivity contribution in [1.82, 2.24) is 0 Å². The van der Waals surface area contributed by atoms with E-state index in [1.165, 1.54) is 19.3 Å². The van der Waals surface area contributed by atoms with Crippen LogP contribution < -0.4 is 5.73 Å². The van der Waals surface area contributed by atoms with Gasteiger partial charge in [-0.2, -0.15) is 0 Å². The summed E-state index contributed by atoms with van der Waals surface area (Å²) in [5.74, 6) is 0. The lowest BCUT2D eigenvalue weighted by Crippen LogP contribution is -2.15. The maximum absolute atomic E-state index is 5.60. The van der Waals surface area contributed by atoms with E-state index in [0.29, 0.717) is 0 Å². The van der Waals surface area contributed by atoms with Gasteiger partial charge in [0.05, 0.1) is 0 Å². The third-order valence-corrected chi connectivity index (χ3v) is 1.44. The number of rotatable bonds is 5. The summed E-state index contributed by atoms with van der Waals surface area (Å²) in [6, 6.07) is 0.219. The van der Waals surface area contributed by atoms with E-state index in [1.807, 2.05) is 6.08 Å². The predicted octanol–water partition coefficient (Wildman–Crippen LogP) is 2.08. The van der Waals surface area contributed by atoms with Gasteiger partial charge in [0.2, 0.25) is 0 Å². The van der Waals surface area contributed by atoms with Gasteiger partial charge in [-0.25, -0.2) is 0 Å². The Morgan fingerprint density at radius 2 is 2.22 bits per heavy atom. The van der Waals surface area contributed by atoms with Crippen LogP contribution in [-0.4, -0.2) is 6.04 Å². The molecule has 2 N–H and O–H groups in total. The maximum Gasteiger partial charge on any atom is 0.0221 e. The average molecular weight is 127 g/mol. The average Bonchev–Trinajstić information content (AvgIpc) is 1.89. The van der Waals surface area contributed by atoms with Gasteiger partial charge < -0.3 is 5.73 Å². The number of unbranched alkanes of at least 4 members (excludes halogenated alkanes) is 2. The lowest BCUT2D eigenvalue weighted by atomic mass is 10.1. The van der Waals surface area contributed by atoms with Crippen LogP contribution in [0.3, 0.4) is 0 Å². The molecule has 0 radical (unpaired) electrons. The van der Waals surface area contributed by atoms with Crippen LogP contribution in [0.1, 0.15) is 32.6 Å². The summed E-state index contributed by atoms with van der Waals surface area (Å²) < 4.78 is 0. The molecule has 0 saturated carbocycles. The molecule has 0 bridgehead atoms. The third kappa shape index (κ3) is 5.57. The minimum absolute atomic E-state index is 0.219. The Morgan fingerprint density at radius 3 is 2.67 bits per heavy atom. The molecule has 9 heavy (non-hydrogen) atoms. The molecular weight excluding hydrogens is 110 g/mol. The highest BCUT2D eigenvalue weighted by molar-refractivity contribution is 4.81. The van der Waals surface area contributed by atoms with Crippen LogP contribution in [-0.2, 0) is 0 Å². The summed E-state index contributed by atoms with van der Waals surface area (Å²) in [4.78, 5) is 0. The molecule has 0 aliphatic carbocycles. The second kappa shape index (κ2) is 5.83. The molecule has 0 aromatic rings. The summed E-state index contributed by atoms with van der Waals surface area (Å²) >= 11 is 0. The van der Waals surface area contributed by atoms with Crippen LogP contribution >= 0.6 is 0 Å². The van der Waals surface area contributed by atoms with Gasteiger partial charge >= 0.3 is 0 Å². The highest BCUT2D eigenvalue weighted by atomic mass is 14.6. The Hall–Kier alpha value is -0.300. The van der Waals surface area contributed by atoms with Gasteiger partial charge in [-0.05, 0) is 6.42 Å². The molecule has 0 fully saturated rings. The molecular formula is C8H17N. The lowest BCUT2D eigenvalue weighted by molar-refractivity contribution is 0.623. The zero-order chi connectivity index (χ0) is 7.11. The molecule has 0 aromatic carbocycles. The molecule has 1 nitrogen and oxygen atoms in total. The zero-order valence-corrected chi connectivity index (χ0v) is 6.27. The summed E-state index contributed by atoms with van der Waals surface area (Å²) in [7, 11) is 0. The van der Waals surface area contributed by atoms with Crippen LogP contribution in [0.5, 0.6) is 0 Å². The molecule has 0 heterocycles. The van der Waals surface area contributed by atoms with Gasteiger partial charge in [-0.3, -0.25) is 0 Å². The fourth-order valence-corrected chi connectivity index (χ4v) is 0.748. The van der Waals surface area contributed by atoms with Crippen molar-refractivity contribution in [3.63, 3.8) is 0 Å². The minimum Gasteiger partial charge on any atom is -0.324 e. The third-order valence-electron chi connectivity index (χ3n) is 1.44. The topological polar surface area (TPSA) is 26.0 Å². The first-order valence-electron chi connectivity index (χ1n) is 3.69. The van der Waals surface area contributed by atoms with Crippen molar-refractivity contribution in [1.29, 1.82) is 0 Å². The van der Waals surface area contributed by atoms with E-state index in [1.54, 1.807) is 0 Å². The molecule has 0 spiro atoms. The highest BCUT2D eigenvalue weighted by Crippen LogP contribution is 2.01.